The maximum absolute atomic E-state index is 12.0. The molecule has 0 saturated carbocycles. The van der Waals surface area contributed by atoms with Crippen molar-refractivity contribution < 1.29 is 5.11 Å². The van der Waals surface area contributed by atoms with Gasteiger partial charge in [0.2, 0.25) is 5.88 Å². The van der Waals surface area contributed by atoms with E-state index in [4.69, 9.17) is 11.6 Å². The predicted molar refractivity (Wildman–Crippen MR) is 95.9 cm³/mol. The van der Waals surface area contributed by atoms with Crippen molar-refractivity contribution >= 4 is 17.8 Å². The van der Waals surface area contributed by atoms with E-state index in [9.17, 15) is 14.7 Å². The Morgan fingerprint density at radius 1 is 1.29 bits per heavy atom. The zero-order valence-corrected chi connectivity index (χ0v) is 14.4. The lowest BCUT2D eigenvalue weighted by Gasteiger charge is -2.09. The van der Waals surface area contributed by atoms with Crippen LogP contribution in [0.15, 0.2) is 38.8 Å². The average molecular weight is 350 g/mol. The van der Waals surface area contributed by atoms with Crippen molar-refractivity contribution in [2.24, 2.45) is 10.9 Å². The van der Waals surface area contributed by atoms with E-state index in [1.807, 2.05) is 0 Å². The van der Waals surface area contributed by atoms with Gasteiger partial charge in [-0.1, -0.05) is 25.4 Å². The fraction of sp³-hybridized carbons (Fsp3) is 0.353. The first-order chi connectivity index (χ1) is 11.4. The average Bonchev–Trinajstić information content (AvgIpc) is 2.51. The number of H-pyrrole nitrogens is 1. The Bertz CT molecular complexity index is 836. The van der Waals surface area contributed by atoms with E-state index < -0.39 is 17.1 Å². The van der Waals surface area contributed by atoms with Crippen molar-refractivity contribution in [2.75, 3.05) is 6.54 Å². The molecule has 2 N–H and O–H groups in total. The summed E-state index contributed by atoms with van der Waals surface area (Å²) in [5.74, 6) is 0.141. The number of aliphatic imine (C=N–C) groups is 1. The van der Waals surface area contributed by atoms with E-state index in [1.54, 1.807) is 24.3 Å². The Labute approximate surface area is 144 Å². The predicted octanol–water partition coefficient (Wildman–Crippen LogP) is 2.74. The molecule has 7 heteroatoms. The van der Waals surface area contributed by atoms with Gasteiger partial charge in [0.1, 0.15) is 5.56 Å². The second-order valence-corrected chi connectivity index (χ2v) is 6.32. The molecule has 0 spiro atoms. The minimum atomic E-state index is -0.725. The van der Waals surface area contributed by atoms with E-state index in [-0.39, 0.29) is 5.56 Å². The van der Waals surface area contributed by atoms with Crippen molar-refractivity contribution in [3.8, 4) is 11.6 Å². The summed E-state index contributed by atoms with van der Waals surface area (Å²) in [6, 6.07) is 6.33. The van der Waals surface area contributed by atoms with Gasteiger partial charge in [-0.25, -0.2) is 9.36 Å². The van der Waals surface area contributed by atoms with E-state index in [0.29, 0.717) is 23.2 Å². The lowest BCUT2D eigenvalue weighted by atomic mass is 10.1. The number of rotatable bonds is 6. The number of aromatic hydroxyl groups is 1. The van der Waals surface area contributed by atoms with Gasteiger partial charge in [-0.05, 0) is 43.0 Å². The summed E-state index contributed by atoms with van der Waals surface area (Å²) in [6.45, 7) is 4.81. The second-order valence-electron chi connectivity index (χ2n) is 5.88. The number of hydrogen-bond acceptors (Lipinski definition) is 4. The number of hydrogen-bond donors (Lipinski definition) is 2. The van der Waals surface area contributed by atoms with Gasteiger partial charge in [0.05, 0.1) is 5.69 Å². The minimum absolute atomic E-state index is 0.0471. The molecule has 128 valence electrons. The van der Waals surface area contributed by atoms with E-state index in [1.165, 1.54) is 6.21 Å². The van der Waals surface area contributed by atoms with Crippen LogP contribution in [-0.2, 0) is 0 Å². The highest BCUT2D eigenvalue weighted by molar-refractivity contribution is 6.30. The van der Waals surface area contributed by atoms with Crippen LogP contribution >= 0.6 is 11.6 Å². The Balaban J connectivity index is 2.34. The molecular formula is C17H20ClN3O3. The first-order valence-corrected chi connectivity index (χ1v) is 8.12. The minimum Gasteiger partial charge on any atom is -0.493 e. The van der Waals surface area contributed by atoms with Crippen molar-refractivity contribution in [3.63, 3.8) is 0 Å². The number of aromatic nitrogens is 2. The Kier molecular flexibility index (Phi) is 5.98. The highest BCUT2D eigenvalue weighted by atomic mass is 35.5. The van der Waals surface area contributed by atoms with Gasteiger partial charge in [0, 0.05) is 17.8 Å². The van der Waals surface area contributed by atoms with Gasteiger partial charge in [-0.2, -0.15) is 0 Å². The maximum Gasteiger partial charge on any atom is 0.335 e. The number of aromatic amines is 1. The molecule has 0 aliphatic heterocycles. The van der Waals surface area contributed by atoms with Gasteiger partial charge in [-0.15, -0.1) is 0 Å². The van der Waals surface area contributed by atoms with Crippen molar-refractivity contribution in [1.82, 2.24) is 9.55 Å². The second kappa shape index (κ2) is 7.97. The molecule has 0 unspecified atom stereocenters. The quantitative estimate of drug-likeness (QED) is 0.621. The molecule has 0 atom stereocenters. The summed E-state index contributed by atoms with van der Waals surface area (Å²) in [5, 5.41) is 10.8. The lowest BCUT2D eigenvalue weighted by Crippen LogP contribution is -2.31. The number of nitrogens with zero attached hydrogens (tertiary/aromatic N) is 2. The van der Waals surface area contributed by atoms with Gasteiger partial charge in [0.15, 0.2) is 0 Å². The van der Waals surface area contributed by atoms with Crippen molar-refractivity contribution in [1.29, 1.82) is 0 Å². The zero-order valence-electron chi connectivity index (χ0n) is 13.6. The third kappa shape index (κ3) is 4.35. The molecule has 0 saturated heterocycles. The van der Waals surface area contributed by atoms with E-state index in [2.05, 4.69) is 23.8 Å². The summed E-state index contributed by atoms with van der Waals surface area (Å²) in [7, 11) is 0. The molecule has 0 aliphatic carbocycles. The third-order valence-electron chi connectivity index (χ3n) is 3.49. The largest absolute Gasteiger partial charge is 0.493 e. The molecule has 6 nitrogen and oxygen atoms in total. The summed E-state index contributed by atoms with van der Waals surface area (Å²) in [6.07, 6.45) is 3.23. The van der Waals surface area contributed by atoms with Crippen LogP contribution in [0.5, 0.6) is 5.88 Å². The molecule has 2 rings (SSSR count). The van der Waals surface area contributed by atoms with Crippen LogP contribution in [0.25, 0.3) is 5.69 Å². The molecule has 2 aromatic rings. The topological polar surface area (TPSA) is 87.4 Å². The van der Waals surface area contributed by atoms with Crippen LogP contribution in [0.1, 0.15) is 32.3 Å². The number of benzene rings is 1. The van der Waals surface area contributed by atoms with Gasteiger partial charge in [-0.3, -0.25) is 14.8 Å². The van der Waals surface area contributed by atoms with E-state index >= 15 is 0 Å². The highest BCUT2D eigenvalue weighted by Crippen LogP contribution is 2.17. The van der Waals surface area contributed by atoms with Gasteiger partial charge >= 0.3 is 5.69 Å². The van der Waals surface area contributed by atoms with Crippen LogP contribution in [-0.4, -0.2) is 27.4 Å². The smallest absolute Gasteiger partial charge is 0.335 e. The molecule has 0 aliphatic rings. The Hall–Kier alpha value is -2.34. The molecule has 0 amide bonds. The monoisotopic (exact) mass is 349 g/mol. The summed E-state index contributed by atoms with van der Waals surface area (Å²) >= 11 is 5.83. The fourth-order valence-corrected chi connectivity index (χ4v) is 2.36. The standard InChI is InChI=1S/C17H20ClN3O3/c1-11(2)4-3-9-19-10-14-15(22)20-17(24)21(16(14)23)13-7-5-12(18)6-8-13/h5-8,10-11,23H,3-4,9H2,1-2H3,(H,20,22,24). The Morgan fingerprint density at radius 3 is 2.58 bits per heavy atom. The van der Waals surface area contributed by atoms with Crippen molar-refractivity contribution in [3.05, 3.63) is 55.7 Å². The van der Waals surface area contributed by atoms with Crippen LogP contribution < -0.4 is 11.2 Å². The van der Waals surface area contributed by atoms with Crippen LogP contribution in [0.2, 0.25) is 5.02 Å². The normalized spacial score (nSPS) is 11.5. The SMILES string of the molecule is CC(C)CCCN=Cc1c(O)n(-c2ccc(Cl)cc2)c(=O)[nH]c1=O. The molecule has 0 bridgehead atoms. The lowest BCUT2D eigenvalue weighted by molar-refractivity contribution is 0.430. The number of nitrogens with one attached hydrogen (secondary N) is 1. The van der Waals surface area contributed by atoms with Crippen LogP contribution in [0, 0.1) is 5.92 Å². The molecule has 0 radical (unpaired) electrons. The summed E-state index contributed by atoms with van der Waals surface area (Å²) in [5.41, 5.74) is -1.05. The number of halogens is 1. The van der Waals surface area contributed by atoms with Crippen LogP contribution in [0.3, 0.4) is 0 Å². The first kappa shape index (κ1) is 18.0. The van der Waals surface area contributed by atoms with Gasteiger partial charge in [0.25, 0.3) is 5.56 Å². The summed E-state index contributed by atoms with van der Waals surface area (Å²) < 4.78 is 1.01. The molecule has 0 fully saturated rings. The Morgan fingerprint density at radius 2 is 1.96 bits per heavy atom. The van der Waals surface area contributed by atoms with Crippen molar-refractivity contribution in [2.45, 2.75) is 26.7 Å². The fourth-order valence-electron chi connectivity index (χ4n) is 2.23. The molecule has 1 aromatic heterocycles. The molecule has 1 aromatic carbocycles. The highest BCUT2D eigenvalue weighted by Gasteiger charge is 2.13. The maximum atomic E-state index is 12.0. The molecular weight excluding hydrogens is 330 g/mol. The van der Waals surface area contributed by atoms with E-state index in [0.717, 1.165) is 17.4 Å². The molecule has 1 heterocycles. The van der Waals surface area contributed by atoms with Crippen LogP contribution in [0.4, 0.5) is 0 Å². The summed E-state index contributed by atoms with van der Waals surface area (Å²) in [4.78, 5) is 30.3. The third-order valence-corrected chi connectivity index (χ3v) is 3.75. The first-order valence-electron chi connectivity index (χ1n) is 7.74. The zero-order chi connectivity index (χ0) is 17.7. The van der Waals surface area contributed by atoms with Gasteiger partial charge < -0.3 is 5.11 Å². The molecule has 24 heavy (non-hydrogen) atoms.